The van der Waals surface area contributed by atoms with Crippen LogP contribution < -0.4 is 4.90 Å². The maximum Gasteiger partial charge on any atom is 0.128 e. The maximum atomic E-state index is 10.3. The molecule has 1 aliphatic rings. The first-order valence-corrected chi connectivity index (χ1v) is 5.72. The van der Waals surface area contributed by atoms with Gasteiger partial charge in [0.05, 0.1) is 0 Å². The Morgan fingerprint density at radius 1 is 1.25 bits per heavy atom. The van der Waals surface area contributed by atoms with Gasteiger partial charge in [-0.15, -0.1) is 0 Å². The van der Waals surface area contributed by atoms with E-state index in [0.29, 0.717) is 6.42 Å². The zero-order valence-electron chi connectivity index (χ0n) is 9.38. The van der Waals surface area contributed by atoms with Crippen molar-refractivity contribution in [2.75, 3.05) is 37.6 Å². The molecule has 1 fully saturated rings. The summed E-state index contributed by atoms with van der Waals surface area (Å²) in [7, 11) is 0. The standard InChI is InChI=1S/C12H17N3O/c16-11-3-6-14-7-9-15(10-8-14)12-4-1-2-5-13-12/h1-2,4-5,11H,3,6-10H2. The van der Waals surface area contributed by atoms with Crippen molar-refractivity contribution in [3.8, 4) is 0 Å². The molecule has 0 bridgehead atoms. The molecule has 1 saturated heterocycles. The molecule has 0 amide bonds. The van der Waals surface area contributed by atoms with Gasteiger partial charge in [0.25, 0.3) is 0 Å². The molecule has 16 heavy (non-hydrogen) atoms. The Labute approximate surface area is 95.9 Å². The lowest BCUT2D eigenvalue weighted by Crippen LogP contribution is -2.46. The molecule has 0 atom stereocenters. The lowest BCUT2D eigenvalue weighted by Gasteiger charge is -2.35. The Kier molecular flexibility index (Phi) is 3.88. The predicted molar refractivity (Wildman–Crippen MR) is 63.6 cm³/mol. The first-order chi connectivity index (χ1) is 7.90. The predicted octanol–water partition coefficient (Wildman–Crippen LogP) is 0.793. The molecule has 86 valence electrons. The lowest BCUT2D eigenvalue weighted by atomic mass is 10.3. The van der Waals surface area contributed by atoms with Crippen LogP contribution in [0, 0.1) is 0 Å². The molecule has 1 aromatic heterocycles. The van der Waals surface area contributed by atoms with Crippen molar-refractivity contribution in [2.24, 2.45) is 0 Å². The van der Waals surface area contributed by atoms with Crippen molar-refractivity contribution in [1.29, 1.82) is 0 Å². The molecule has 0 aliphatic carbocycles. The molecule has 2 rings (SSSR count). The van der Waals surface area contributed by atoms with E-state index >= 15 is 0 Å². The number of piperazine rings is 1. The Morgan fingerprint density at radius 3 is 2.69 bits per heavy atom. The van der Waals surface area contributed by atoms with Gasteiger partial charge in [-0.3, -0.25) is 4.90 Å². The minimum atomic E-state index is 0.642. The molecular formula is C12H17N3O. The monoisotopic (exact) mass is 219 g/mol. The van der Waals surface area contributed by atoms with E-state index in [0.717, 1.165) is 44.8 Å². The number of hydrogen-bond acceptors (Lipinski definition) is 4. The summed E-state index contributed by atoms with van der Waals surface area (Å²) in [4.78, 5) is 19.2. The van der Waals surface area contributed by atoms with Crippen molar-refractivity contribution in [3.05, 3.63) is 24.4 Å². The van der Waals surface area contributed by atoms with Crippen LogP contribution in [0.25, 0.3) is 0 Å². The fraction of sp³-hybridized carbons (Fsp3) is 0.500. The number of anilines is 1. The average molecular weight is 219 g/mol. The number of aromatic nitrogens is 1. The fourth-order valence-electron chi connectivity index (χ4n) is 1.98. The summed E-state index contributed by atoms with van der Waals surface area (Å²) >= 11 is 0. The van der Waals surface area contributed by atoms with Crippen LogP contribution in [0.4, 0.5) is 5.82 Å². The second-order valence-electron chi connectivity index (χ2n) is 3.97. The van der Waals surface area contributed by atoms with E-state index < -0.39 is 0 Å². The molecule has 0 saturated carbocycles. The Bertz CT molecular complexity index is 320. The minimum absolute atomic E-state index is 0.642. The summed E-state index contributed by atoms with van der Waals surface area (Å²) in [5, 5.41) is 0. The van der Waals surface area contributed by atoms with E-state index in [1.54, 1.807) is 0 Å². The Hall–Kier alpha value is -1.42. The van der Waals surface area contributed by atoms with E-state index in [1.807, 2.05) is 24.4 Å². The third kappa shape index (κ3) is 2.79. The van der Waals surface area contributed by atoms with Crippen LogP contribution in [0.1, 0.15) is 6.42 Å². The van der Waals surface area contributed by atoms with Crippen LogP contribution in [0.3, 0.4) is 0 Å². The van der Waals surface area contributed by atoms with Crippen molar-refractivity contribution in [3.63, 3.8) is 0 Å². The molecule has 0 aromatic carbocycles. The Morgan fingerprint density at radius 2 is 2.06 bits per heavy atom. The number of aldehydes is 1. The molecule has 0 spiro atoms. The quantitative estimate of drug-likeness (QED) is 0.702. The maximum absolute atomic E-state index is 10.3. The zero-order valence-corrected chi connectivity index (χ0v) is 9.38. The smallest absolute Gasteiger partial charge is 0.128 e. The van der Waals surface area contributed by atoms with E-state index in [-0.39, 0.29) is 0 Å². The van der Waals surface area contributed by atoms with Crippen LogP contribution in [0.2, 0.25) is 0 Å². The average Bonchev–Trinajstić information content (AvgIpc) is 2.38. The number of nitrogens with zero attached hydrogens (tertiary/aromatic N) is 3. The molecule has 0 unspecified atom stereocenters. The van der Waals surface area contributed by atoms with Crippen molar-refractivity contribution in [1.82, 2.24) is 9.88 Å². The highest BCUT2D eigenvalue weighted by Crippen LogP contribution is 2.12. The van der Waals surface area contributed by atoms with Crippen LogP contribution in [0.15, 0.2) is 24.4 Å². The van der Waals surface area contributed by atoms with Crippen molar-refractivity contribution < 1.29 is 4.79 Å². The van der Waals surface area contributed by atoms with Gasteiger partial charge in [0.15, 0.2) is 0 Å². The van der Waals surface area contributed by atoms with Gasteiger partial charge in [0.2, 0.25) is 0 Å². The number of hydrogen-bond donors (Lipinski definition) is 0. The van der Waals surface area contributed by atoms with Gasteiger partial charge in [-0.05, 0) is 12.1 Å². The topological polar surface area (TPSA) is 36.4 Å². The molecule has 4 nitrogen and oxygen atoms in total. The third-order valence-electron chi connectivity index (χ3n) is 2.91. The summed E-state index contributed by atoms with van der Waals surface area (Å²) < 4.78 is 0. The van der Waals surface area contributed by atoms with Gasteiger partial charge in [0.1, 0.15) is 12.1 Å². The second-order valence-corrected chi connectivity index (χ2v) is 3.97. The number of carbonyl (C=O) groups is 1. The fourth-order valence-corrected chi connectivity index (χ4v) is 1.98. The summed E-state index contributed by atoms with van der Waals surface area (Å²) in [6.45, 7) is 4.92. The van der Waals surface area contributed by atoms with E-state index in [2.05, 4.69) is 14.8 Å². The molecule has 1 aromatic rings. The molecular weight excluding hydrogens is 202 g/mol. The Balaban J connectivity index is 1.83. The minimum Gasteiger partial charge on any atom is -0.354 e. The molecule has 1 aliphatic heterocycles. The van der Waals surface area contributed by atoms with Crippen molar-refractivity contribution in [2.45, 2.75) is 6.42 Å². The normalized spacial score (nSPS) is 17.4. The van der Waals surface area contributed by atoms with Gasteiger partial charge in [-0.2, -0.15) is 0 Å². The SMILES string of the molecule is O=CCCN1CCN(c2ccccn2)CC1. The van der Waals surface area contributed by atoms with Gasteiger partial charge in [-0.1, -0.05) is 6.07 Å². The van der Waals surface area contributed by atoms with Crippen LogP contribution >= 0.6 is 0 Å². The first-order valence-electron chi connectivity index (χ1n) is 5.72. The highest BCUT2D eigenvalue weighted by molar-refractivity contribution is 5.49. The summed E-state index contributed by atoms with van der Waals surface area (Å²) in [6.07, 6.45) is 3.46. The van der Waals surface area contributed by atoms with Gasteiger partial charge < -0.3 is 9.69 Å². The largest absolute Gasteiger partial charge is 0.354 e. The highest BCUT2D eigenvalue weighted by atomic mass is 16.1. The number of pyridine rings is 1. The summed E-state index contributed by atoms with van der Waals surface area (Å²) in [5.74, 6) is 1.05. The molecule has 0 radical (unpaired) electrons. The van der Waals surface area contributed by atoms with Crippen LogP contribution in [-0.2, 0) is 4.79 Å². The van der Waals surface area contributed by atoms with Gasteiger partial charge in [-0.25, -0.2) is 4.98 Å². The van der Waals surface area contributed by atoms with Gasteiger partial charge in [0, 0.05) is 45.3 Å². The van der Waals surface area contributed by atoms with E-state index in [4.69, 9.17) is 0 Å². The van der Waals surface area contributed by atoms with Crippen molar-refractivity contribution >= 4 is 12.1 Å². The second kappa shape index (κ2) is 5.61. The highest BCUT2D eigenvalue weighted by Gasteiger charge is 2.16. The van der Waals surface area contributed by atoms with Crippen LogP contribution in [-0.4, -0.2) is 48.9 Å². The summed E-state index contributed by atoms with van der Waals surface area (Å²) in [6, 6.07) is 5.99. The molecule has 4 heteroatoms. The first kappa shape index (κ1) is 11.1. The lowest BCUT2D eigenvalue weighted by molar-refractivity contribution is -0.108. The van der Waals surface area contributed by atoms with Gasteiger partial charge >= 0.3 is 0 Å². The van der Waals surface area contributed by atoms with Crippen LogP contribution in [0.5, 0.6) is 0 Å². The molecule has 2 heterocycles. The summed E-state index contributed by atoms with van der Waals surface area (Å²) in [5.41, 5.74) is 0. The van der Waals surface area contributed by atoms with E-state index in [1.165, 1.54) is 0 Å². The van der Waals surface area contributed by atoms with E-state index in [9.17, 15) is 4.79 Å². The molecule has 0 N–H and O–H groups in total. The third-order valence-corrected chi connectivity index (χ3v) is 2.91. The zero-order chi connectivity index (χ0) is 11.2. The number of carbonyl (C=O) groups excluding carboxylic acids is 1. The number of rotatable bonds is 4.